The Morgan fingerprint density at radius 2 is 2.16 bits per heavy atom. The molecule has 0 aromatic heterocycles. The number of hydrogen-bond donors (Lipinski definition) is 2. The van der Waals surface area contributed by atoms with Gasteiger partial charge in [-0.2, -0.15) is 0 Å². The third kappa shape index (κ3) is 3.59. The molecule has 19 heavy (non-hydrogen) atoms. The summed E-state index contributed by atoms with van der Waals surface area (Å²) in [4.78, 5) is -0.107. The lowest BCUT2D eigenvalue weighted by Gasteiger charge is -2.20. The molecule has 0 spiro atoms. The molecule has 0 bridgehead atoms. The van der Waals surface area contributed by atoms with Crippen LogP contribution in [-0.4, -0.2) is 38.9 Å². The van der Waals surface area contributed by atoms with E-state index in [0.717, 1.165) is 0 Å². The fourth-order valence-electron chi connectivity index (χ4n) is 1.73. The zero-order valence-corrected chi connectivity index (χ0v) is 12.2. The lowest BCUT2D eigenvalue weighted by Crippen LogP contribution is -2.43. The maximum Gasteiger partial charge on any atom is 0.242 e. The van der Waals surface area contributed by atoms with E-state index in [9.17, 15) is 13.5 Å². The van der Waals surface area contributed by atoms with Crippen molar-refractivity contribution in [1.82, 2.24) is 4.72 Å². The van der Waals surface area contributed by atoms with Crippen molar-refractivity contribution in [2.24, 2.45) is 0 Å². The zero-order valence-electron chi connectivity index (χ0n) is 9.90. The Bertz CT molecular complexity index is 570. The van der Waals surface area contributed by atoms with E-state index in [1.165, 1.54) is 18.2 Å². The van der Waals surface area contributed by atoms with Crippen molar-refractivity contribution >= 4 is 33.2 Å². The van der Waals surface area contributed by atoms with Gasteiger partial charge in [0.25, 0.3) is 0 Å². The van der Waals surface area contributed by atoms with Crippen LogP contribution >= 0.6 is 23.2 Å². The Morgan fingerprint density at radius 1 is 1.42 bits per heavy atom. The predicted molar refractivity (Wildman–Crippen MR) is 72.0 cm³/mol. The van der Waals surface area contributed by atoms with Gasteiger partial charge in [-0.15, -0.1) is 0 Å². The van der Waals surface area contributed by atoms with Crippen LogP contribution in [0.3, 0.4) is 0 Å². The molecule has 2 N–H and O–H groups in total. The number of halogens is 2. The summed E-state index contributed by atoms with van der Waals surface area (Å²) in [6.45, 7) is 0.396. The Hall–Kier alpha value is -0.370. The molecule has 1 heterocycles. The Kier molecular flexibility index (Phi) is 4.39. The van der Waals surface area contributed by atoms with E-state index in [4.69, 9.17) is 27.9 Å². The molecule has 1 saturated heterocycles. The number of nitrogens with one attached hydrogen (secondary N) is 1. The second-order valence-electron chi connectivity index (χ2n) is 4.43. The van der Waals surface area contributed by atoms with Gasteiger partial charge in [0, 0.05) is 24.6 Å². The van der Waals surface area contributed by atoms with Gasteiger partial charge in [-0.1, -0.05) is 23.2 Å². The van der Waals surface area contributed by atoms with Crippen molar-refractivity contribution in [1.29, 1.82) is 0 Å². The van der Waals surface area contributed by atoms with Gasteiger partial charge in [0.15, 0.2) is 0 Å². The summed E-state index contributed by atoms with van der Waals surface area (Å²) < 4.78 is 31.6. The minimum absolute atomic E-state index is 0.0755. The first kappa shape index (κ1) is 15.0. The minimum atomic E-state index is -3.82. The molecule has 1 atom stereocenters. The Morgan fingerprint density at radius 3 is 2.79 bits per heavy atom. The van der Waals surface area contributed by atoms with Crippen molar-refractivity contribution in [3.63, 3.8) is 0 Å². The van der Waals surface area contributed by atoms with Crippen LogP contribution < -0.4 is 4.72 Å². The highest BCUT2D eigenvalue weighted by molar-refractivity contribution is 7.89. The van der Waals surface area contributed by atoms with Crippen LogP contribution in [0.1, 0.15) is 6.42 Å². The summed E-state index contributed by atoms with van der Waals surface area (Å²) in [6.07, 6.45) is 0.388. The highest BCUT2D eigenvalue weighted by Gasteiger charge is 2.34. The van der Waals surface area contributed by atoms with Crippen LogP contribution in [0.5, 0.6) is 0 Å². The molecule has 1 unspecified atom stereocenters. The predicted octanol–water partition coefficient (Wildman–Crippen LogP) is 1.42. The molecule has 0 radical (unpaired) electrons. The van der Waals surface area contributed by atoms with Crippen molar-refractivity contribution in [3.05, 3.63) is 28.2 Å². The highest BCUT2D eigenvalue weighted by Crippen LogP contribution is 2.25. The summed E-state index contributed by atoms with van der Waals surface area (Å²) >= 11 is 11.6. The molecule has 1 aromatic rings. The summed E-state index contributed by atoms with van der Waals surface area (Å²) in [5.41, 5.74) is -1.17. The van der Waals surface area contributed by atoms with Crippen molar-refractivity contribution < 1.29 is 18.3 Å². The third-order valence-electron chi connectivity index (χ3n) is 2.86. The van der Waals surface area contributed by atoms with Crippen LogP contribution in [0.2, 0.25) is 10.0 Å². The third-order valence-corrected chi connectivity index (χ3v) is 4.97. The van der Waals surface area contributed by atoms with E-state index in [-0.39, 0.29) is 28.1 Å². The van der Waals surface area contributed by atoms with Crippen molar-refractivity contribution in [2.45, 2.75) is 16.9 Å². The monoisotopic (exact) mass is 325 g/mol. The van der Waals surface area contributed by atoms with Gasteiger partial charge in [-0.3, -0.25) is 0 Å². The topological polar surface area (TPSA) is 75.6 Å². The molecule has 0 amide bonds. The highest BCUT2D eigenvalue weighted by atomic mass is 35.5. The maximum atomic E-state index is 12.1. The Labute approximate surface area is 121 Å². The second kappa shape index (κ2) is 5.55. The Balaban J connectivity index is 2.16. The zero-order chi connectivity index (χ0) is 14.1. The van der Waals surface area contributed by atoms with E-state index < -0.39 is 15.6 Å². The van der Waals surface area contributed by atoms with Crippen molar-refractivity contribution in [2.75, 3.05) is 19.8 Å². The lowest BCUT2D eigenvalue weighted by molar-refractivity contribution is 0.0314. The SMILES string of the molecule is O=S(=O)(NCC1(O)CCOC1)c1cc(Cl)ccc1Cl. The molecule has 1 aromatic carbocycles. The number of ether oxygens (including phenoxy) is 1. The first-order chi connectivity index (χ1) is 8.82. The van der Waals surface area contributed by atoms with Gasteiger partial charge in [0.05, 0.1) is 11.6 Å². The smallest absolute Gasteiger partial charge is 0.242 e. The molecule has 5 nitrogen and oxygen atoms in total. The van der Waals surface area contributed by atoms with E-state index in [0.29, 0.717) is 13.0 Å². The van der Waals surface area contributed by atoms with Crippen LogP contribution in [0.4, 0.5) is 0 Å². The molecule has 106 valence electrons. The van der Waals surface area contributed by atoms with E-state index in [1.807, 2.05) is 0 Å². The second-order valence-corrected chi connectivity index (χ2v) is 7.01. The first-order valence-electron chi connectivity index (χ1n) is 5.57. The molecule has 0 aliphatic carbocycles. The molecule has 1 aliphatic rings. The maximum absolute atomic E-state index is 12.1. The van der Waals surface area contributed by atoms with Gasteiger partial charge in [-0.25, -0.2) is 13.1 Å². The fraction of sp³-hybridized carbons (Fsp3) is 0.455. The van der Waals surface area contributed by atoms with Crippen LogP contribution in [0.25, 0.3) is 0 Å². The number of hydrogen-bond acceptors (Lipinski definition) is 4. The molecular weight excluding hydrogens is 313 g/mol. The van der Waals surface area contributed by atoms with E-state index >= 15 is 0 Å². The van der Waals surface area contributed by atoms with Crippen LogP contribution in [0.15, 0.2) is 23.1 Å². The average Bonchev–Trinajstić information content (AvgIpc) is 2.78. The molecule has 1 aliphatic heterocycles. The van der Waals surface area contributed by atoms with Crippen molar-refractivity contribution in [3.8, 4) is 0 Å². The number of benzene rings is 1. The van der Waals surface area contributed by atoms with Crippen LogP contribution in [0, 0.1) is 0 Å². The van der Waals surface area contributed by atoms with Crippen LogP contribution in [-0.2, 0) is 14.8 Å². The number of sulfonamides is 1. The molecular formula is C11H13Cl2NO4S. The average molecular weight is 326 g/mol. The lowest BCUT2D eigenvalue weighted by atomic mass is 10.1. The molecule has 8 heteroatoms. The molecule has 0 saturated carbocycles. The van der Waals surface area contributed by atoms with Gasteiger partial charge in [-0.05, 0) is 18.2 Å². The van der Waals surface area contributed by atoms with E-state index in [2.05, 4.69) is 4.72 Å². The summed E-state index contributed by atoms with van der Waals surface area (Å²) in [5, 5.41) is 10.4. The minimum Gasteiger partial charge on any atom is -0.386 e. The molecule has 1 fully saturated rings. The standard InChI is InChI=1S/C11H13Cl2NO4S/c12-8-1-2-9(13)10(5-8)19(16,17)14-6-11(15)3-4-18-7-11/h1-2,5,14-15H,3-4,6-7H2. The summed E-state index contributed by atoms with van der Waals surface area (Å²) in [5.74, 6) is 0. The van der Waals surface area contributed by atoms with Gasteiger partial charge >= 0.3 is 0 Å². The van der Waals surface area contributed by atoms with E-state index in [1.54, 1.807) is 0 Å². The fourth-order valence-corrected chi connectivity index (χ4v) is 3.61. The first-order valence-corrected chi connectivity index (χ1v) is 7.81. The summed E-state index contributed by atoms with van der Waals surface area (Å²) in [6, 6.07) is 4.18. The number of rotatable bonds is 4. The molecule has 2 rings (SSSR count). The normalized spacial score (nSPS) is 23.7. The van der Waals surface area contributed by atoms with Gasteiger partial charge in [0.2, 0.25) is 10.0 Å². The number of aliphatic hydroxyl groups is 1. The van der Waals surface area contributed by atoms with Gasteiger partial charge < -0.3 is 9.84 Å². The van der Waals surface area contributed by atoms with Gasteiger partial charge in [0.1, 0.15) is 10.5 Å². The largest absolute Gasteiger partial charge is 0.386 e. The summed E-state index contributed by atoms with van der Waals surface area (Å²) in [7, 11) is -3.82. The quantitative estimate of drug-likeness (QED) is 0.877.